The van der Waals surface area contributed by atoms with Crippen molar-refractivity contribution in [2.24, 2.45) is 0 Å². The van der Waals surface area contributed by atoms with Crippen molar-refractivity contribution < 1.29 is 22.7 Å². The molecule has 0 aliphatic carbocycles. The van der Waals surface area contributed by atoms with Gasteiger partial charge < -0.3 is 19.6 Å². The van der Waals surface area contributed by atoms with E-state index in [0.29, 0.717) is 37.3 Å². The number of nitrogens with zero attached hydrogens (tertiary/aromatic N) is 3. The molecular formula is C18H14F3N5O3. The number of carbonyl (C=O) groups is 1. The molecule has 3 aromatic rings. The van der Waals surface area contributed by atoms with E-state index < -0.39 is 28.9 Å². The SMILES string of the molecule is O=C(Nc1ccc(-c2nnc3n2CCOC3)cc1)c1ccc(C(F)(F)F)[nH]c1=O. The number of fused-ring (bicyclic) bond motifs is 1. The number of nitrogens with one attached hydrogen (secondary N) is 2. The van der Waals surface area contributed by atoms with Crippen LogP contribution in [0, 0.1) is 0 Å². The number of halogens is 3. The maximum absolute atomic E-state index is 12.6. The molecule has 0 spiro atoms. The normalized spacial score (nSPS) is 13.8. The molecule has 2 N–H and O–H groups in total. The molecule has 0 fully saturated rings. The van der Waals surface area contributed by atoms with Gasteiger partial charge in [-0.25, -0.2) is 0 Å². The van der Waals surface area contributed by atoms with Crippen molar-refractivity contribution in [3.63, 3.8) is 0 Å². The maximum Gasteiger partial charge on any atom is 0.431 e. The third-order valence-corrected chi connectivity index (χ3v) is 4.38. The van der Waals surface area contributed by atoms with E-state index in [2.05, 4.69) is 15.5 Å². The van der Waals surface area contributed by atoms with Gasteiger partial charge in [-0.2, -0.15) is 13.2 Å². The van der Waals surface area contributed by atoms with Crippen LogP contribution in [-0.2, 0) is 24.1 Å². The fourth-order valence-corrected chi connectivity index (χ4v) is 2.93. The van der Waals surface area contributed by atoms with Crippen LogP contribution in [-0.4, -0.2) is 32.3 Å². The molecule has 0 radical (unpaired) electrons. The Bertz CT molecular complexity index is 1120. The van der Waals surface area contributed by atoms with Gasteiger partial charge in [0.1, 0.15) is 17.9 Å². The van der Waals surface area contributed by atoms with Gasteiger partial charge in [0.15, 0.2) is 11.6 Å². The van der Waals surface area contributed by atoms with Gasteiger partial charge in [-0.1, -0.05) is 0 Å². The fraction of sp³-hybridized carbons (Fsp3) is 0.222. The average Bonchev–Trinajstić information content (AvgIpc) is 3.12. The van der Waals surface area contributed by atoms with Crippen LogP contribution in [0.2, 0.25) is 0 Å². The summed E-state index contributed by atoms with van der Waals surface area (Å²) >= 11 is 0. The quantitative estimate of drug-likeness (QED) is 0.697. The summed E-state index contributed by atoms with van der Waals surface area (Å²) in [6.45, 7) is 1.59. The highest BCUT2D eigenvalue weighted by Crippen LogP contribution is 2.26. The summed E-state index contributed by atoms with van der Waals surface area (Å²) in [5.74, 6) is 0.579. The van der Waals surface area contributed by atoms with Gasteiger partial charge in [0.05, 0.1) is 6.61 Å². The maximum atomic E-state index is 12.6. The van der Waals surface area contributed by atoms with Crippen molar-refractivity contribution in [3.05, 3.63) is 63.8 Å². The number of carbonyl (C=O) groups excluding carboxylic acids is 1. The number of H-pyrrole nitrogens is 1. The second-order valence-electron chi connectivity index (χ2n) is 6.29. The summed E-state index contributed by atoms with van der Waals surface area (Å²) in [4.78, 5) is 25.7. The van der Waals surface area contributed by atoms with Crippen molar-refractivity contribution in [1.29, 1.82) is 0 Å². The molecule has 29 heavy (non-hydrogen) atoms. The van der Waals surface area contributed by atoms with Crippen molar-refractivity contribution in [1.82, 2.24) is 19.7 Å². The Morgan fingerprint density at radius 1 is 1.14 bits per heavy atom. The van der Waals surface area contributed by atoms with E-state index >= 15 is 0 Å². The predicted octanol–water partition coefficient (Wildman–Crippen LogP) is 2.43. The molecule has 0 unspecified atom stereocenters. The van der Waals surface area contributed by atoms with Crippen LogP contribution in [0.5, 0.6) is 0 Å². The number of pyridine rings is 1. The molecule has 8 nitrogen and oxygen atoms in total. The van der Waals surface area contributed by atoms with Gasteiger partial charge in [0.25, 0.3) is 11.5 Å². The lowest BCUT2D eigenvalue weighted by Crippen LogP contribution is -2.25. The van der Waals surface area contributed by atoms with Crippen LogP contribution in [0.4, 0.5) is 18.9 Å². The van der Waals surface area contributed by atoms with Crippen LogP contribution in [0.25, 0.3) is 11.4 Å². The van der Waals surface area contributed by atoms with Crippen LogP contribution < -0.4 is 10.9 Å². The highest BCUT2D eigenvalue weighted by atomic mass is 19.4. The van der Waals surface area contributed by atoms with Gasteiger partial charge in [-0.05, 0) is 36.4 Å². The number of rotatable bonds is 3. The Hall–Kier alpha value is -3.47. The first-order chi connectivity index (χ1) is 13.8. The summed E-state index contributed by atoms with van der Waals surface area (Å²) in [6.07, 6.45) is -4.70. The van der Waals surface area contributed by atoms with E-state index in [1.54, 1.807) is 29.2 Å². The summed E-state index contributed by atoms with van der Waals surface area (Å²) in [5.41, 5.74) is -1.61. The zero-order valence-corrected chi connectivity index (χ0v) is 14.8. The first-order valence-electron chi connectivity index (χ1n) is 8.55. The van der Waals surface area contributed by atoms with Crippen molar-refractivity contribution in [2.45, 2.75) is 19.3 Å². The number of aromatic nitrogens is 4. The van der Waals surface area contributed by atoms with E-state index in [1.165, 1.54) is 0 Å². The zero-order valence-electron chi connectivity index (χ0n) is 14.8. The highest BCUT2D eigenvalue weighted by Gasteiger charge is 2.32. The van der Waals surface area contributed by atoms with Crippen LogP contribution in [0.15, 0.2) is 41.2 Å². The highest BCUT2D eigenvalue weighted by molar-refractivity contribution is 6.04. The molecule has 4 rings (SSSR count). The average molecular weight is 405 g/mol. The molecule has 2 aromatic heterocycles. The summed E-state index contributed by atoms with van der Waals surface area (Å²) in [5, 5.41) is 10.7. The largest absolute Gasteiger partial charge is 0.431 e. The van der Waals surface area contributed by atoms with Crippen LogP contribution in [0.3, 0.4) is 0 Å². The number of alkyl halides is 3. The Kier molecular flexibility index (Phi) is 4.66. The van der Waals surface area contributed by atoms with Gasteiger partial charge in [-0.3, -0.25) is 9.59 Å². The van der Waals surface area contributed by atoms with Crippen molar-refractivity contribution >= 4 is 11.6 Å². The third kappa shape index (κ3) is 3.76. The number of benzene rings is 1. The molecule has 0 bridgehead atoms. The second kappa shape index (κ2) is 7.17. The zero-order chi connectivity index (χ0) is 20.6. The molecule has 1 aromatic carbocycles. The predicted molar refractivity (Wildman–Crippen MR) is 95.1 cm³/mol. The minimum Gasteiger partial charge on any atom is -0.372 e. The number of hydrogen-bond acceptors (Lipinski definition) is 5. The molecule has 150 valence electrons. The molecule has 1 amide bonds. The van der Waals surface area contributed by atoms with Crippen molar-refractivity contribution in [2.75, 3.05) is 11.9 Å². The van der Waals surface area contributed by atoms with Gasteiger partial charge in [-0.15, -0.1) is 10.2 Å². The first-order valence-corrected chi connectivity index (χ1v) is 8.55. The van der Waals surface area contributed by atoms with Crippen molar-refractivity contribution in [3.8, 4) is 11.4 Å². The number of aromatic amines is 1. The van der Waals surface area contributed by atoms with E-state index in [-0.39, 0.29) is 0 Å². The van der Waals surface area contributed by atoms with Crippen LogP contribution >= 0.6 is 0 Å². The molecule has 3 heterocycles. The lowest BCUT2D eigenvalue weighted by Gasteiger charge is -2.15. The standard InChI is InChI=1S/C18H14F3N5O3/c19-18(20,21)13-6-5-12(17(28)23-13)16(27)22-11-3-1-10(2-4-11)15-25-24-14-9-29-8-7-26(14)15/h1-6H,7-9H2,(H,22,27)(H,23,28). The molecule has 0 atom stereocenters. The summed E-state index contributed by atoms with van der Waals surface area (Å²) < 4.78 is 45.1. The van der Waals surface area contributed by atoms with Crippen LogP contribution in [0.1, 0.15) is 21.9 Å². The van der Waals surface area contributed by atoms with Gasteiger partial charge in [0.2, 0.25) is 0 Å². The first kappa shape index (κ1) is 18.9. The molecular weight excluding hydrogens is 391 g/mol. The van der Waals surface area contributed by atoms with E-state index in [4.69, 9.17) is 4.74 Å². The number of hydrogen-bond donors (Lipinski definition) is 2. The Morgan fingerprint density at radius 2 is 1.90 bits per heavy atom. The molecule has 11 heteroatoms. The minimum atomic E-state index is -4.70. The summed E-state index contributed by atoms with van der Waals surface area (Å²) in [7, 11) is 0. The lowest BCUT2D eigenvalue weighted by molar-refractivity contribution is -0.141. The topological polar surface area (TPSA) is 102 Å². The fourth-order valence-electron chi connectivity index (χ4n) is 2.93. The summed E-state index contributed by atoms with van der Waals surface area (Å²) in [6, 6.07) is 8.14. The Morgan fingerprint density at radius 3 is 2.59 bits per heavy atom. The Labute approximate surface area is 161 Å². The molecule has 0 saturated carbocycles. The van der Waals surface area contributed by atoms with E-state index in [9.17, 15) is 22.8 Å². The number of anilines is 1. The number of amides is 1. The molecule has 0 saturated heterocycles. The smallest absolute Gasteiger partial charge is 0.372 e. The third-order valence-electron chi connectivity index (χ3n) is 4.38. The number of ether oxygens (including phenoxy) is 1. The van der Waals surface area contributed by atoms with Gasteiger partial charge in [0, 0.05) is 17.8 Å². The lowest BCUT2D eigenvalue weighted by atomic mass is 10.1. The Balaban J connectivity index is 1.51. The van der Waals surface area contributed by atoms with E-state index in [1.807, 2.05) is 4.57 Å². The monoisotopic (exact) mass is 405 g/mol. The van der Waals surface area contributed by atoms with Gasteiger partial charge >= 0.3 is 6.18 Å². The molecule has 1 aliphatic heterocycles. The molecule has 1 aliphatic rings. The van der Waals surface area contributed by atoms with E-state index in [0.717, 1.165) is 17.5 Å². The minimum absolute atomic E-state index is 0.375. The second-order valence-corrected chi connectivity index (χ2v) is 6.29.